The quantitative estimate of drug-likeness (QED) is 0.840. The minimum atomic E-state index is -0.549. The van der Waals surface area contributed by atoms with Crippen LogP contribution in [0, 0.1) is 0 Å². The second kappa shape index (κ2) is 8.81. The van der Waals surface area contributed by atoms with Crippen LogP contribution >= 0.6 is 12.4 Å². The minimum absolute atomic E-state index is 0. The molecule has 0 bridgehead atoms. The number of halogens is 2. The number of anilines is 1. The molecule has 1 fully saturated rings. The number of hydrogen-bond donors (Lipinski definition) is 2. The summed E-state index contributed by atoms with van der Waals surface area (Å²) in [5.41, 5.74) is 6.11. The van der Waals surface area contributed by atoms with Gasteiger partial charge in [0.1, 0.15) is 25.1 Å². The third-order valence-electron chi connectivity index (χ3n) is 3.11. The van der Waals surface area contributed by atoms with E-state index in [0.717, 1.165) is 6.42 Å². The van der Waals surface area contributed by atoms with Crippen LogP contribution in [0.1, 0.15) is 12.8 Å². The average Bonchev–Trinajstić information content (AvgIpc) is 2.94. The van der Waals surface area contributed by atoms with Crippen LogP contribution in [0.2, 0.25) is 0 Å². The van der Waals surface area contributed by atoms with E-state index in [2.05, 4.69) is 5.32 Å². The van der Waals surface area contributed by atoms with Crippen LogP contribution in [0.25, 0.3) is 0 Å². The van der Waals surface area contributed by atoms with Gasteiger partial charge in [-0.2, -0.15) is 0 Å². The standard InChI is InChI=1S/C14H19FN2O3.ClH/c15-6-7-19-11-3-1-2-10(8-11)17-14(18)13-5-4-12(9-16)20-13;/h1-3,8,12-13H,4-7,9,16H2,(H,17,18);1H/t12-,13+;/m1./s1. The van der Waals surface area contributed by atoms with Gasteiger partial charge in [-0.25, -0.2) is 4.39 Å². The number of benzene rings is 1. The van der Waals surface area contributed by atoms with Crippen molar-refractivity contribution < 1.29 is 18.7 Å². The van der Waals surface area contributed by atoms with Gasteiger partial charge in [-0.3, -0.25) is 4.79 Å². The molecule has 7 heteroatoms. The first-order valence-electron chi connectivity index (χ1n) is 6.68. The normalized spacial score (nSPS) is 20.7. The van der Waals surface area contributed by atoms with Crippen LogP contribution in [0.5, 0.6) is 5.75 Å². The van der Waals surface area contributed by atoms with Gasteiger partial charge in [0.25, 0.3) is 5.91 Å². The van der Waals surface area contributed by atoms with Gasteiger partial charge in [0.05, 0.1) is 6.10 Å². The number of nitrogens with one attached hydrogen (secondary N) is 1. The van der Waals surface area contributed by atoms with Crippen molar-refractivity contribution in [3.05, 3.63) is 24.3 Å². The Morgan fingerprint density at radius 2 is 2.29 bits per heavy atom. The number of ether oxygens (including phenoxy) is 2. The van der Waals surface area contributed by atoms with E-state index in [0.29, 0.717) is 24.4 Å². The Morgan fingerprint density at radius 1 is 1.48 bits per heavy atom. The number of hydrogen-bond acceptors (Lipinski definition) is 4. The largest absolute Gasteiger partial charge is 0.491 e. The Labute approximate surface area is 129 Å². The molecule has 0 radical (unpaired) electrons. The highest BCUT2D eigenvalue weighted by Crippen LogP contribution is 2.22. The monoisotopic (exact) mass is 318 g/mol. The highest BCUT2D eigenvalue weighted by molar-refractivity contribution is 5.94. The third-order valence-corrected chi connectivity index (χ3v) is 3.11. The first-order valence-corrected chi connectivity index (χ1v) is 6.68. The van der Waals surface area contributed by atoms with E-state index >= 15 is 0 Å². The fourth-order valence-corrected chi connectivity index (χ4v) is 2.11. The van der Waals surface area contributed by atoms with Crippen molar-refractivity contribution in [2.75, 3.05) is 25.1 Å². The summed E-state index contributed by atoms with van der Waals surface area (Å²) in [5, 5.41) is 2.77. The Morgan fingerprint density at radius 3 is 2.95 bits per heavy atom. The van der Waals surface area contributed by atoms with Crippen molar-refractivity contribution in [1.82, 2.24) is 0 Å². The van der Waals surface area contributed by atoms with Crippen LogP contribution in [0.15, 0.2) is 24.3 Å². The number of rotatable bonds is 6. The zero-order valence-corrected chi connectivity index (χ0v) is 12.4. The molecule has 0 unspecified atom stereocenters. The molecule has 1 aliphatic rings. The van der Waals surface area contributed by atoms with Crippen molar-refractivity contribution >= 4 is 24.0 Å². The molecule has 0 aliphatic carbocycles. The molecule has 2 atom stereocenters. The lowest BCUT2D eigenvalue weighted by Gasteiger charge is -2.13. The lowest BCUT2D eigenvalue weighted by atomic mass is 10.2. The fourth-order valence-electron chi connectivity index (χ4n) is 2.11. The number of amides is 1. The molecule has 1 heterocycles. The molecule has 1 saturated heterocycles. The first-order chi connectivity index (χ1) is 9.72. The molecule has 2 rings (SSSR count). The summed E-state index contributed by atoms with van der Waals surface area (Å²) in [4.78, 5) is 12.0. The Kier molecular flexibility index (Phi) is 7.42. The number of carbonyl (C=O) groups is 1. The summed E-state index contributed by atoms with van der Waals surface area (Å²) in [5.74, 6) is 0.330. The van der Waals surface area contributed by atoms with Gasteiger partial charge in [-0.1, -0.05) is 6.07 Å². The van der Waals surface area contributed by atoms with Gasteiger partial charge in [0, 0.05) is 18.3 Å². The van der Waals surface area contributed by atoms with Crippen LogP contribution in [-0.4, -0.2) is 37.9 Å². The second-order valence-corrected chi connectivity index (χ2v) is 4.61. The van der Waals surface area contributed by atoms with Crippen molar-refractivity contribution in [3.63, 3.8) is 0 Å². The molecule has 1 aliphatic heterocycles. The molecule has 0 saturated carbocycles. The van der Waals surface area contributed by atoms with Crippen LogP contribution in [0.4, 0.5) is 10.1 Å². The summed E-state index contributed by atoms with van der Waals surface area (Å²) in [6, 6.07) is 6.85. The molecule has 21 heavy (non-hydrogen) atoms. The van der Waals surface area contributed by atoms with Gasteiger partial charge < -0.3 is 20.5 Å². The summed E-state index contributed by atoms with van der Waals surface area (Å²) >= 11 is 0. The Bertz CT molecular complexity index is 462. The molecule has 1 aromatic carbocycles. The predicted molar refractivity (Wildman–Crippen MR) is 80.7 cm³/mol. The number of nitrogens with two attached hydrogens (primary N) is 1. The lowest BCUT2D eigenvalue weighted by Crippen LogP contribution is -2.29. The maximum Gasteiger partial charge on any atom is 0.253 e. The van der Waals surface area contributed by atoms with Gasteiger partial charge in [-0.15, -0.1) is 12.4 Å². The highest BCUT2D eigenvalue weighted by Gasteiger charge is 2.29. The molecule has 3 N–H and O–H groups in total. The third kappa shape index (κ3) is 5.15. The molecule has 118 valence electrons. The van der Waals surface area contributed by atoms with E-state index in [-0.39, 0.29) is 31.0 Å². The zero-order valence-electron chi connectivity index (χ0n) is 11.6. The van der Waals surface area contributed by atoms with Crippen molar-refractivity contribution in [3.8, 4) is 5.75 Å². The van der Waals surface area contributed by atoms with E-state index in [9.17, 15) is 9.18 Å². The van der Waals surface area contributed by atoms with Crippen LogP contribution in [-0.2, 0) is 9.53 Å². The summed E-state index contributed by atoms with van der Waals surface area (Å²) < 4.78 is 22.7. The lowest BCUT2D eigenvalue weighted by molar-refractivity contribution is -0.126. The molecular formula is C14H20ClFN2O3. The second-order valence-electron chi connectivity index (χ2n) is 4.61. The first kappa shape index (κ1) is 17.7. The van der Waals surface area contributed by atoms with E-state index in [1.54, 1.807) is 24.3 Å². The SMILES string of the molecule is Cl.NC[C@H]1CC[C@@H](C(=O)Nc2cccc(OCCF)c2)O1. The Balaban J connectivity index is 0.00000220. The van der Waals surface area contributed by atoms with Gasteiger partial charge in [-0.05, 0) is 25.0 Å². The molecule has 0 aromatic heterocycles. The van der Waals surface area contributed by atoms with E-state index < -0.39 is 12.8 Å². The fraction of sp³-hybridized carbons (Fsp3) is 0.500. The molecule has 5 nitrogen and oxygen atoms in total. The summed E-state index contributed by atoms with van der Waals surface area (Å²) in [6.07, 6.45) is 0.976. The van der Waals surface area contributed by atoms with Crippen LogP contribution < -0.4 is 15.8 Å². The van der Waals surface area contributed by atoms with E-state index in [4.69, 9.17) is 15.2 Å². The molecule has 1 aromatic rings. The summed E-state index contributed by atoms with van der Waals surface area (Å²) in [7, 11) is 0. The molecule has 1 amide bonds. The van der Waals surface area contributed by atoms with Crippen molar-refractivity contribution in [2.24, 2.45) is 5.73 Å². The zero-order chi connectivity index (χ0) is 14.4. The smallest absolute Gasteiger partial charge is 0.253 e. The maximum absolute atomic E-state index is 12.0. The topological polar surface area (TPSA) is 73.6 Å². The maximum atomic E-state index is 12.0. The van der Waals surface area contributed by atoms with Crippen molar-refractivity contribution in [2.45, 2.75) is 25.0 Å². The average molecular weight is 319 g/mol. The van der Waals surface area contributed by atoms with Gasteiger partial charge >= 0.3 is 0 Å². The summed E-state index contributed by atoms with van der Waals surface area (Å²) in [6.45, 7) is -0.120. The number of alkyl halides is 1. The van der Waals surface area contributed by atoms with Crippen molar-refractivity contribution in [1.29, 1.82) is 0 Å². The number of carbonyl (C=O) groups excluding carboxylic acids is 1. The van der Waals surface area contributed by atoms with E-state index in [1.807, 2.05) is 0 Å². The molecular weight excluding hydrogens is 299 g/mol. The highest BCUT2D eigenvalue weighted by atomic mass is 35.5. The Hall–Kier alpha value is -1.37. The van der Waals surface area contributed by atoms with Gasteiger partial charge in [0.15, 0.2) is 0 Å². The predicted octanol–water partition coefficient (Wildman–Crippen LogP) is 1.90. The van der Waals surface area contributed by atoms with Crippen LogP contribution in [0.3, 0.4) is 0 Å². The van der Waals surface area contributed by atoms with Gasteiger partial charge in [0.2, 0.25) is 0 Å². The molecule has 0 spiro atoms. The minimum Gasteiger partial charge on any atom is -0.491 e. The van der Waals surface area contributed by atoms with E-state index in [1.165, 1.54) is 0 Å².